The van der Waals surface area contributed by atoms with E-state index in [0.717, 1.165) is 25.7 Å². The first-order chi connectivity index (χ1) is 10.4. The minimum atomic E-state index is -1.06. The van der Waals surface area contributed by atoms with E-state index >= 15 is 0 Å². The third-order valence-electron chi connectivity index (χ3n) is 2.99. The molecule has 6 heteroatoms. The maximum absolute atomic E-state index is 11.7. The molecule has 6 nitrogen and oxygen atoms in total. The molecule has 0 amide bonds. The zero-order chi connectivity index (χ0) is 17.0. The summed E-state index contributed by atoms with van der Waals surface area (Å²) in [6.07, 6.45) is 4.50. The van der Waals surface area contributed by atoms with Crippen LogP contribution in [-0.4, -0.2) is 35.7 Å². The number of carbonyl (C=O) groups excluding carboxylic acids is 2. The smallest absolute Gasteiger partial charge is 0.334 e. The summed E-state index contributed by atoms with van der Waals surface area (Å²) in [5.41, 5.74) is -0.0337. The molecule has 0 aromatic carbocycles. The molecule has 0 saturated heterocycles. The lowest BCUT2D eigenvalue weighted by molar-refractivity contribution is -0.150. The Morgan fingerprint density at radius 3 is 2.45 bits per heavy atom. The summed E-state index contributed by atoms with van der Waals surface area (Å²) in [6, 6.07) is 0. The molecule has 0 rings (SSSR count). The van der Waals surface area contributed by atoms with Gasteiger partial charge in [0, 0.05) is 5.57 Å². The van der Waals surface area contributed by atoms with Crippen LogP contribution in [-0.2, 0) is 23.9 Å². The number of carbonyl (C=O) groups is 3. The first-order valence-electron chi connectivity index (χ1n) is 7.63. The highest BCUT2D eigenvalue weighted by molar-refractivity contribution is 5.93. The fourth-order valence-corrected chi connectivity index (χ4v) is 1.76. The van der Waals surface area contributed by atoms with E-state index in [1.165, 1.54) is 6.42 Å². The molecule has 0 aromatic heterocycles. The Morgan fingerprint density at radius 2 is 1.86 bits per heavy atom. The van der Waals surface area contributed by atoms with Gasteiger partial charge in [-0.05, 0) is 19.8 Å². The molecule has 0 saturated carbocycles. The Hall–Kier alpha value is -1.85. The van der Waals surface area contributed by atoms with Crippen molar-refractivity contribution in [2.45, 2.75) is 64.9 Å². The Labute approximate surface area is 131 Å². The standard InChI is InChI=1S/C16H26O6/c1-4-5-6-7-8-13(3)22-15(19)11-12(2)16(20)21-10-9-14(17)18/h13H,2,4-11H2,1,3H3,(H,17,18). The van der Waals surface area contributed by atoms with Gasteiger partial charge in [0.25, 0.3) is 0 Å². The monoisotopic (exact) mass is 314 g/mol. The van der Waals surface area contributed by atoms with Crippen LogP contribution < -0.4 is 0 Å². The molecule has 0 aliphatic heterocycles. The van der Waals surface area contributed by atoms with Crippen molar-refractivity contribution >= 4 is 17.9 Å². The number of carboxylic acid groups (broad SMARTS) is 1. The van der Waals surface area contributed by atoms with E-state index in [4.69, 9.17) is 9.84 Å². The average Bonchev–Trinajstić information content (AvgIpc) is 2.42. The Kier molecular flexibility index (Phi) is 10.8. The minimum Gasteiger partial charge on any atom is -0.481 e. The van der Waals surface area contributed by atoms with Crippen LogP contribution in [0.4, 0.5) is 0 Å². The van der Waals surface area contributed by atoms with Gasteiger partial charge < -0.3 is 14.6 Å². The number of hydrogen-bond acceptors (Lipinski definition) is 5. The largest absolute Gasteiger partial charge is 0.481 e. The third kappa shape index (κ3) is 10.9. The first-order valence-corrected chi connectivity index (χ1v) is 7.63. The van der Waals surface area contributed by atoms with E-state index < -0.39 is 17.9 Å². The van der Waals surface area contributed by atoms with Gasteiger partial charge in [-0.25, -0.2) is 4.79 Å². The molecular weight excluding hydrogens is 288 g/mol. The molecular formula is C16H26O6. The Morgan fingerprint density at radius 1 is 1.18 bits per heavy atom. The molecule has 0 aliphatic carbocycles. The summed E-state index contributed by atoms with van der Waals surface area (Å²) in [4.78, 5) is 33.4. The van der Waals surface area contributed by atoms with E-state index in [2.05, 4.69) is 18.2 Å². The van der Waals surface area contributed by atoms with Gasteiger partial charge in [-0.1, -0.05) is 32.8 Å². The zero-order valence-electron chi connectivity index (χ0n) is 13.4. The molecule has 0 fully saturated rings. The lowest BCUT2D eigenvalue weighted by Crippen LogP contribution is -2.18. The van der Waals surface area contributed by atoms with Gasteiger partial charge in [0.2, 0.25) is 0 Å². The van der Waals surface area contributed by atoms with Crippen LogP contribution in [0.2, 0.25) is 0 Å². The summed E-state index contributed by atoms with van der Waals surface area (Å²) < 4.78 is 9.88. The minimum absolute atomic E-state index is 0.0337. The van der Waals surface area contributed by atoms with Gasteiger partial charge in [-0.2, -0.15) is 0 Å². The first kappa shape index (κ1) is 20.1. The summed E-state index contributed by atoms with van der Waals surface area (Å²) >= 11 is 0. The summed E-state index contributed by atoms with van der Waals surface area (Å²) in [6.45, 7) is 7.17. The van der Waals surface area contributed by atoms with E-state index in [1.807, 2.05) is 6.92 Å². The van der Waals surface area contributed by atoms with Gasteiger partial charge in [0.1, 0.15) is 6.61 Å². The van der Waals surface area contributed by atoms with Crippen LogP contribution in [0.3, 0.4) is 0 Å². The topological polar surface area (TPSA) is 89.9 Å². The molecule has 0 spiro atoms. The van der Waals surface area contributed by atoms with Gasteiger partial charge in [0.05, 0.1) is 18.9 Å². The summed E-state index contributed by atoms with van der Waals surface area (Å²) in [7, 11) is 0. The quantitative estimate of drug-likeness (QED) is 0.338. The highest BCUT2D eigenvalue weighted by atomic mass is 16.5. The van der Waals surface area contributed by atoms with Crippen molar-refractivity contribution in [2.75, 3.05) is 6.61 Å². The lowest BCUT2D eigenvalue weighted by Gasteiger charge is -2.13. The van der Waals surface area contributed by atoms with Crippen LogP contribution in [0.5, 0.6) is 0 Å². The predicted molar refractivity (Wildman–Crippen MR) is 81.3 cm³/mol. The molecule has 1 unspecified atom stereocenters. The predicted octanol–water partition coefficient (Wildman–Crippen LogP) is 2.85. The second-order valence-corrected chi connectivity index (χ2v) is 5.21. The zero-order valence-corrected chi connectivity index (χ0v) is 13.4. The van der Waals surface area contributed by atoms with Gasteiger partial charge >= 0.3 is 17.9 Å². The van der Waals surface area contributed by atoms with Crippen LogP contribution in [0.15, 0.2) is 12.2 Å². The lowest BCUT2D eigenvalue weighted by atomic mass is 10.1. The van der Waals surface area contributed by atoms with E-state index in [-0.39, 0.29) is 31.1 Å². The maximum atomic E-state index is 11.7. The van der Waals surface area contributed by atoms with Crippen molar-refractivity contribution in [2.24, 2.45) is 0 Å². The normalized spacial score (nSPS) is 11.5. The van der Waals surface area contributed by atoms with Crippen molar-refractivity contribution in [1.82, 2.24) is 0 Å². The molecule has 0 aliphatic rings. The van der Waals surface area contributed by atoms with Crippen molar-refractivity contribution in [3.05, 3.63) is 12.2 Å². The molecule has 0 bridgehead atoms. The number of ether oxygens (including phenoxy) is 2. The fraction of sp³-hybridized carbons (Fsp3) is 0.688. The summed E-state index contributed by atoms with van der Waals surface area (Å²) in [5.74, 6) is -2.35. The number of aliphatic carboxylic acids is 1. The number of hydrogen-bond donors (Lipinski definition) is 1. The van der Waals surface area contributed by atoms with Crippen LogP contribution in [0, 0.1) is 0 Å². The Balaban J connectivity index is 3.91. The Bertz CT molecular complexity index is 388. The molecule has 126 valence electrons. The average molecular weight is 314 g/mol. The highest BCUT2D eigenvalue weighted by Gasteiger charge is 2.16. The van der Waals surface area contributed by atoms with Crippen molar-refractivity contribution in [1.29, 1.82) is 0 Å². The number of carboxylic acids is 1. The van der Waals surface area contributed by atoms with Crippen molar-refractivity contribution < 1.29 is 29.0 Å². The maximum Gasteiger partial charge on any atom is 0.334 e. The third-order valence-corrected chi connectivity index (χ3v) is 2.99. The second kappa shape index (κ2) is 11.8. The van der Waals surface area contributed by atoms with Crippen molar-refractivity contribution in [3.63, 3.8) is 0 Å². The fourth-order valence-electron chi connectivity index (χ4n) is 1.76. The van der Waals surface area contributed by atoms with Crippen molar-refractivity contribution in [3.8, 4) is 0 Å². The van der Waals surface area contributed by atoms with Gasteiger partial charge in [0.15, 0.2) is 0 Å². The van der Waals surface area contributed by atoms with Crippen LogP contribution in [0.1, 0.15) is 58.8 Å². The second-order valence-electron chi connectivity index (χ2n) is 5.21. The van der Waals surface area contributed by atoms with E-state index in [0.29, 0.717) is 0 Å². The molecule has 0 radical (unpaired) electrons. The van der Waals surface area contributed by atoms with Gasteiger partial charge in [-0.3, -0.25) is 9.59 Å². The summed E-state index contributed by atoms with van der Waals surface area (Å²) in [5, 5.41) is 8.43. The number of unbranched alkanes of at least 4 members (excludes halogenated alkanes) is 3. The molecule has 1 N–H and O–H groups in total. The number of rotatable bonds is 12. The highest BCUT2D eigenvalue weighted by Crippen LogP contribution is 2.10. The van der Waals surface area contributed by atoms with Crippen LogP contribution in [0.25, 0.3) is 0 Å². The molecule has 0 heterocycles. The molecule has 1 atom stereocenters. The van der Waals surface area contributed by atoms with Crippen LogP contribution >= 0.6 is 0 Å². The number of esters is 2. The van der Waals surface area contributed by atoms with E-state index in [1.54, 1.807) is 0 Å². The van der Waals surface area contributed by atoms with Gasteiger partial charge in [-0.15, -0.1) is 0 Å². The molecule has 0 aromatic rings. The van der Waals surface area contributed by atoms with E-state index in [9.17, 15) is 14.4 Å². The molecule has 22 heavy (non-hydrogen) atoms. The SMILES string of the molecule is C=C(CC(=O)OC(C)CCCCCC)C(=O)OCCC(=O)O.